The fourth-order valence-electron chi connectivity index (χ4n) is 2.50. The first kappa shape index (κ1) is 12.3. The van der Waals surface area contributed by atoms with Crippen molar-refractivity contribution in [3.05, 3.63) is 0 Å². The highest BCUT2D eigenvalue weighted by molar-refractivity contribution is 4.83. The van der Waals surface area contributed by atoms with E-state index in [0.29, 0.717) is 0 Å². The normalized spacial score (nSPS) is 24.9. The molecule has 3 nitrogen and oxygen atoms in total. The summed E-state index contributed by atoms with van der Waals surface area (Å²) in [5, 5.41) is 13.4. The van der Waals surface area contributed by atoms with Crippen LogP contribution in [-0.2, 0) is 0 Å². The van der Waals surface area contributed by atoms with Gasteiger partial charge in [-0.15, -0.1) is 0 Å². The molecular weight excluding hydrogens is 200 g/mol. The van der Waals surface area contributed by atoms with E-state index < -0.39 is 5.60 Å². The molecule has 1 saturated heterocycles. The van der Waals surface area contributed by atoms with E-state index >= 15 is 0 Å². The van der Waals surface area contributed by atoms with Gasteiger partial charge in [0.1, 0.15) is 0 Å². The third kappa shape index (κ3) is 4.40. The summed E-state index contributed by atoms with van der Waals surface area (Å²) in [6, 6.07) is 0.721. The van der Waals surface area contributed by atoms with Crippen LogP contribution in [0.15, 0.2) is 0 Å². The van der Waals surface area contributed by atoms with Crippen LogP contribution < -0.4 is 5.32 Å². The van der Waals surface area contributed by atoms with Crippen LogP contribution in [0.25, 0.3) is 0 Å². The largest absolute Gasteiger partial charge is 0.389 e. The molecule has 1 aliphatic heterocycles. The maximum Gasteiger partial charge on any atom is 0.0718 e. The van der Waals surface area contributed by atoms with Gasteiger partial charge in [-0.05, 0) is 65.1 Å². The smallest absolute Gasteiger partial charge is 0.0718 e. The van der Waals surface area contributed by atoms with Gasteiger partial charge < -0.3 is 15.3 Å². The Kier molecular flexibility index (Phi) is 3.88. The molecule has 2 N–H and O–H groups in total. The predicted molar refractivity (Wildman–Crippen MR) is 66.5 cm³/mol. The van der Waals surface area contributed by atoms with Crippen molar-refractivity contribution in [1.29, 1.82) is 0 Å². The van der Waals surface area contributed by atoms with Crippen molar-refractivity contribution >= 4 is 0 Å². The van der Waals surface area contributed by atoms with Gasteiger partial charge in [0.15, 0.2) is 0 Å². The Bertz CT molecular complexity index is 212. The SMILES string of the molecule is CC(C)(O)CN1CCC(NCC2CC2)CC1. The molecule has 0 spiro atoms. The lowest BCUT2D eigenvalue weighted by Crippen LogP contribution is -2.47. The van der Waals surface area contributed by atoms with Crippen molar-refractivity contribution in [2.24, 2.45) is 5.92 Å². The second-order valence-electron chi connectivity index (χ2n) is 6.21. The maximum absolute atomic E-state index is 9.76. The monoisotopic (exact) mass is 226 g/mol. The first-order valence-corrected chi connectivity index (χ1v) is 6.71. The van der Waals surface area contributed by atoms with E-state index in [1.807, 2.05) is 13.8 Å². The van der Waals surface area contributed by atoms with Gasteiger partial charge in [0.05, 0.1) is 5.60 Å². The van der Waals surface area contributed by atoms with Gasteiger partial charge in [0.2, 0.25) is 0 Å². The maximum atomic E-state index is 9.76. The second-order valence-corrected chi connectivity index (χ2v) is 6.21. The summed E-state index contributed by atoms with van der Waals surface area (Å²) in [5.74, 6) is 0.981. The minimum Gasteiger partial charge on any atom is -0.389 e. The Balaban J connectivity index is 1.61. The molecule has 2 fully saturated rings. The summed E-state index contributed by atoms with van der Waals surface area (Å²) in [4.78, 5) is 2.38. The number of nitrogens with zero attached hydrogens (tertiary/aromatic N) is 1. The number of piperidine rings is 1. The van der Waals surface area contributed by atoms with E-state index in [0.717, 1.165) is 31.6 Å². The summed E-state index contributed by atoms with van der Waals surface area (Å²) < 4.78 is 0. The van der Waals surface area contributed by atoms with Crippen LogP contribution in [0.2, 0.25) is 0 Å². The topological polar surface area (TPSA) is 35.5 Å². The first-order valence-electron chi connectivity index (χ1n) is 6.71. The number of hydrogen-bond donors (Lipinski definition) is 2. The Morgan fingerprint density at radius 1 is 1.19 bits per heavy atom. The number of nitrogens with one attached hydrogen (secondary N) is 1. The molecule has 0 bridgehead atoms. The fraction of sp³-hybridized carbons (Fsp3) is 1.00. The molecule has 0 radical (unpaired) electrons. The van der Waals surface area contributed by atoms with Crippen molar-refractivity contribution in [3.63, 3.8) is 0 Å². The molecular formula is C13H26N2O. The Morgan fingerprint density at radius 2 is 1.81 bits per heavy atom. The van der Waals surface area contributed by atoms with Gasteiger partial charge in [-0.25, -0.2) is 0 Å². The fourth-order valence-corrected chi connectivity index (χ4v) is 2.50. The molecule has 94 valence electrons. The summed E-state index contributed by atoms with van der Waals surface area (Å²) in [5.41, 5.74) is -0.547. The van der Waals surface area contributed by atoms with E-state index in [9.17, 15) is 5.11 Å². The van der Waals surface area contributed by atoms with Crippen LogP contribution in [0.5, 0.6) is 0 Å². The highest BCUT2D eigenvalue weighted by Gasteiger charge is 2.26. The number of aliphatic hydroxyl groups is 1. The minimum absolute atomic E-state index is 0.547. The molecule has 1 heterocycles. The Morgan fingerprint density at radius 3 is 2.31 bits per heavy atom. The zero-order chi connectivity index (χ0) is 11.6. The number of hydrogen-bond acceptors (Lipinski definition) is 3. The zero-order valence-corrected chi connectivity index (χ0v) is 10.7. The predicted octanol–water partition coefficient (Wildman–Crippen LogP) is 1.22. The van der Waals surface area contributed by atoms with Crippen molar-refractivity contribution in [2.75, 3.05) is 26.2 Å². The first-order chi connectivity index (χ1) is 7.53. The Labute approximate surface area is 99.2 Å². The molecule has 0 atom stereocenters. The molecule has 2 aliphatic rings. The van der Waals surface area contributed by atoms with Crippen LogP contribution in [0.3, 0.4) is 0 Å². The molecule has 16 heavy (non-hydrogen) atoms. The number of β-amino-alcohol motifs (C(OH)–C–C–N with tert-alkyl or cyclic N) is 1. The molecule has 0 unspecified atom stereocenters. The molecule has 0 aromatic rings. The Hall–Kier alpha value is -0.120. The lowest BCUT2D eigenvalue weighted by Gasteiger charge is -2.35. The molecule has 2 rings (SSSR count). The van der Waals surface area contributed by atoms with Crippen LogP contribution in [0.1, 0.15) is 39.5 Å². The molecule has 0 aromatic heterocycles. The average Bonchev–Trinajstić information content (AvgIpc) is 2.98. The van der Waals surface area contributed by atoms with Crippen molar-refractivity contribution in [1.82, 2.24) is 10.2 Å². The zero-order valence-electron chi connectivity index (χ0n) is 10.7. The average molecular weight is 226 g/mol. The van der Waals surface area contributed by atoms with E-state index in [1.54, 1.807) is 0 Å². The van der Waals surface area contributed by atoms with Gasteiger partial charge >= 0.3 is 0 Å². The van der Waals surface area contributed by atoms with Crippen LogP contribution >= 0.6 is 0 Å². The van der Waals surface area contributed by atoms with Crippen LogP contribution in [0.4, 0.5) is 0 Å². The minimum atomic E-state index is -0.547. The standard InChI is InChI=1S/C13H26N2O/c1-13(2,16)10-15-7-5-12(6-8-15)14-9-11-3-4-11/h11-12,14,16H,3-10H2,1-2H3. The van der Waals surface area contributed by atoms with Gasteiger partial charge in [-0.2, -0.15) is 0 Å². The molecule has 1 aliphatic carbocycles. The lowest BCUT2D eigenvalue weighted by molar-refractivity contribution is 0.0269. The number of likely N-dealkylation sites (tertiary alicyclic amines) is 1. The third-order valence-corrected chi connectivity index (χ3v) is 3.59. The summed E-state index contributed by atoms with van der Waals surface area (Å²) in [6.45, 7) is 8.09. The van der Waals surface area contributed by atoms with E-state index in [2.05, 4.69) is 10.2 Å². The molecule has 3 heteroatoms. The van der Waals surface area contributed by atoms with Crippen molar-refractivity contribution < 1.29 is 5.11 Å². The van der Waals surface area contributed by atoms with Gasteiger partial charge in [-0.1, -0.05) is 0 Å². The van der Waals surface area contributed by atoms with Crippen molar-refractivity contribution in [3.8, 4) is 0 Å². The van der Waals surface area contributed by atoms with Gasteiger partial charge in [0, 0.05) is 12.6 Å². The number of rotatable bonds is 5. The highest BCUT2D eigenvalue weighted by atomic mass is 16.3. The lowest BCUT2D eigenvalue weighted by atomic mass is 10.0. The van der Waals surface area contributed by atoms with Crippen LogP contribution in [0, 0.1) is 5.92 Å². The van der Waals surface area contributed by atoms with E-state index in [-0.39, 0.29) is 0 Å². The third-order valence-electron chi connectivity index (χ3n) is 3.59. The van der Waals surface area contributed by atoms with Crippen molar-refractivity contribution in [2.45, 2.75) is 51.2 Å². The summed E-state index contributed by atoms with van der Waals surface area (Å²) >= 11 is 0. The summed E-state index contributed by atoms with van der Waals surface area (Å²) in [7, 11) is 0. The van der Waals surface area contributed by atoms with Gasteiger partial charge in [0.25, 0.3) is 0 Å². The van der Waals surface area contributed by atoms with E-state index in [1.165, 1.54) is 32.2 Å². The molecule has 0 aromatic carbocycles. The molecule has 0 amide bonds. The van der Waals surface area contributed by atoms with Gasteiger partial charge in [-0.3, -0.25) is 0 Å². The van der Waals surface area contributed by atoms with Crippen LogP contribution in [-0.4, -0.2) is 47.8 Å². The van der Waals surface area contributed by atoms with E-state index in [4.69, 9.17) is 0 Å². The quantitative estimate of drug-likeness (QED) is 0.740. The molecule has 1 saturated carbocycles. The summed E-state index contributed by atoms with van der Waals surface area (Å²) in [6.07, 6.45) is 5.35. The second kappa shape index (κ2) is 5.03. The highest BCUT2D eigenvalue weighted by Crippen LogP contribution is 2.28.